The van der Waals surface area contributed by atoms with E-state index in [1.807, 2.05) is 0 Å². The molecular weight excluding hydrogens is 246 g/mol. The van der Waals surface area contributed by atoms with E-state index in [0.717, 1.165) is 36.3 Å². The minimum Gasteiger partial charge on any atom is -0.385 e. The molecule has 0 saturated heterocycles. The van der Waals surface area contributed by atoms with Gasteiger partial charge in [-0.25, -0.2) is 0 Å². The molecular formula is C17H23N3. The van der Waals surface area contributed by atoms with E-state index in [4.69, 9.17) is 5.41 Å². The van der Waals surface area contributed by atoms with Gasteiger partial charge in [-0.3, -0.25) is 0 Å². The summed E-state index contributed by atoms with van der Waals surface area (Å²) < 4.78 is 0. The van der Waals surface area contributed by atoms with E-state index < -0.39 is 0 Å². The first-order chi connectivity index (χ1) is 9.69. The van der Waals surface area contributed by atoms with Gasteiger partial charge < -0.3 is 15.7 Å². The van der Waals surface area contributed by atoms with Crippen molar-refractivity contribution >= 4 is 11.9 Å². The molecule has 1 heterocycles. The highest BCUT2D eigenvalue weighted by Gasteiger charge is 2.09. The summed E-state index contributed by atoms with van der Waals surface area (Å²) in [5.74, 6) is 0. The molecule has 1 aromatic heterocycles. The molecule has 0 spiro atoms. The normalized spacial score (nSPS) is 10.6. The first kappa shape index (κ1) is 14.4. The molecule has 0 amide bonds. The molecule has 3 heteroatoms. The van der Waals surface area contributed by atoms with Crippen molar-refractivity contribution in [3.8, 4) is 11.3 Å². The number of hydrogen-bond acceptors (Lipinski definition) is 2. The Balaban J connectivity index is 2.41. The van der Waals surface area contributed by atoms with Gasteiger partial charge in [0, 0.05) is 41.0 Å². The number of benzene rings is 1. The van der Waals surface area contributed by atoms with E-state index in [-0.39, 0.29) is 0 Å². The summed E-state index contributed by atoms with van der Waals surface area (Å²) in [4.78, 5) is 3.44. The van der Waals surface area contributed by atoms with E-state index in [2.05, 4.69) is 55.3 Å². The average Bonchev–Trinajstić information content (AvgIpc) is 2.93. The minimum absolute atomic E-state index is 0.933. The molecule has 0 fully saturated rings. The molecule has 1 aromatic carbocycles. The molecule has 0 radical (unpaired) electrons. The van der Waals surface area contributed by atoms with Gasteiger partial charge in [0.25, 0.3) is 0 Å². The molecule has 2 aromatic rings. The Morgan fingerprint density at radius 2 is 2.05 bits per heavy atom. The van der Waals surface area contributed by atoms with Gasteiger partial charge in [0.2, 0.25) is 0 Å². The van der Waals surface area contributed by atoms with Gasteiger partial charge in [0.15, 0.2) is 0 Å². The second kappa shape index (κ2) is 6.42. The van der Waals surface area contributed by atoms with E-state index in [0.29, 0.717) is 0 Å². The summed E-state index contributed by atoms with van der Waals surface area (Å²) >= 11 is 0. The summed E-state index contributed by atoms with van der Waals surface area (Å²) in [6.07, 6.45) is 3.51. The number of hydrogen-bond donors (Lipinski definition) is 3. The highest BCUT2D eigenvalue weighted by molar-refractivity contribution is 5.89. The average molecular weight is 269 g/mol. The van der Waals surface area contributed by atoms with E-state index in [9.17, 15) is 0 Å². The summed E-state index contributed by atoms with van der Waals surface area (Å²) in [5.41, 5.74) is 6.74. The van der Waals surface area contributed by atoms with Crippen LogP contribution in [-0.4, -0.2) is 17.7 Å². The number of rotatable bonds is 6. The monoisotopic (exact) mass is 269 g/mol. The van der Waals surface area contributed by atoms with Gasteiger partial charge in [0.05, 0.1) is 0 Å². The largest absolute Gasteiger partial charge is 0.385 e. The van der Waals surface area contributed by atoms with Crippen LogP contribution in [0.2, 0.25) is 0 Å². The standard InChI is InChI=1S/C17H23N3/c1-4-8-19-17-9-12(3)15(10-13(17)11-18)16-7-6-14(5-2)20-16/h6-7,9-11,18-20H,4-5,8H2,1-3H3. The number of H-pyrrole nitrogens is 1. The molecule has 20 heavy (non-hydrogen) atoms. The van der Waals surface area contributed by atoms with Crippen LogP contribution < -0.4 is 5.32 Å². The Hall–Kier alpha value is -2.03. The molecule has 2 rings (SSSR count). The van der Waals surface area contributed by atoms with Crippen molar-refractivity contribution in [3.63, 3.8) is 0 Å². The van der Waals surface area contributed by atoms with E-state index >= 15 is 0 Å². The summed E-state index contributed by atoms with van der Waals surface area (Å²) in [7, 11) is 0. The maximum atomic E-state index is 7.62. The number of nitrogens with one attached hydrogen (secondary N) is 3. The van der Waals surface area contributed by atoms with Gasteiger partial charge in [0.1, 0.15) is 0 Å². The van der Waals surface area contributed by atoms with Gasteiger partial charge in [-0.2, -0.15) is 0 Å². The van der Waals surface area contributed by atoms with Crippen molar-refractivity contribution < 1.29 is 0 Å². The van der Waals surface area contributed by atoms with Crippen LogP contribution in [0.1, 0.15) is 37.1 Å². The fraction of sp³-hybridized carbons (Fsp3) is 0.353. The third-order valence-electron chi connectivity index (χ3n) is 3.53. The van der Waals surface area contributed by atoms with Crippen LogP contribution in [0.3, 0.4) is 0 Å². The van der Waals surface area contributed by atoms with Gasteiger partial charge in [-0.1, -0.05) is 13.8 Å². The fourth-order valence-corrected chi connectivity index (χ4v) is 2.35. The lowest BCUT2D eigenvalue weighted by atomic mass is 10.0. The molecule has 0 aliphatic carbocycles. The van der Waals surface area contributed by atoms with Crippen molar-refractivity contribution in [2.24, 2.45) is 0 Å². The first-order valence-electron chi connectivity index (χ1n) is 7.26. The smallest absolute Gasteiger partial charge is 0.0459 e. The highest BCUT2D eigenvalue weighted by Crippen LogP contribution is 2.28. The molecule has 0 aliphatic heterocycles. The lowest BCUT2D eigenvalue weighted by molar-refractivity contribution is 0.979. The molecule has 0 bridgehead atoms. The lowest BCUT2D eigenvalue weighted by Gasteiger charge is -2.13. The molecule has 3 nitrogen and oxygen atoms in total. The number of aryl methyl sites for hydroxylation is 2. The van der Waals surface area contributed by atoms with Crippen molar-refractivity contribution in [1.82, 2.24) is 4.98 Å². The van der Waals surface area contributed by atoms with Crippen LogP contribution in [0.25, 0.3) is 11.3 Å². The van der Waals surface area contributed by atoms with Crippen LogP contribution in [-0.2, 0) is 6.42 Å². The zero-order chi connectivity index (χ0) is 14.5. The Labute approximate surface area is 120 Å². The van der Waals surface area contributed by atoms with Gasteiger partial charge in [-0.05, 0) is 49.6 Å². The summed E-state index contributed by atoms with van der Waals surface area (Å²) in [6.45, 7) is 7.33. The van der Waals surface area contributed by atoms with Crippen LogP contribution in [0.4, 0.5) is 5.69 Å². The van der Waals surface area contributed by atoms with Crippen LogP contribution in [0.5, 0.6) is 0 Å². The Morgan fingerprint density at radius 3 is 2.65 bits per heavy atom. The second-order valence-corrected chi connectivity index (χ2v) is 5.08. The van der Waals surface area contributed by atoms with E-state index in [1.54, 1.807) is 0 Å². The Bertz CT molecular complexity index is 596. The van der Waals surface area contributed by atoms with Gasteiger partial charge in [-0.15, -0.1) is 0 Å². The molecule has 0 atom stereocenters. The third kappa shape index (κ3) is 2.93. The first-order valence-corrected chi connectivity index (χ1v) is 7.26. The summed E-state index contributed by atoms with van der Waals surface area (Å²) in [6, 6.07) is 8.47. The number of aromatic amines is 1. The number of anilines is 1. The fourth-order valence-electron chi connectivity index (χ4n) is 2.35. The molecule has 0 aliphatic rings. The SMILES string of the molecule is CCCNc1cc(C)c(-c2ccc(CC)[nH]2)cc1C=N. The minimum atomic E-state index is 0.933. The molecule has 0 unspecified atom stereocenters. The van der Waals surface area contributed by atoms with Crippen molar-refractivity contribution in [1.29, 1.82) is 5.41 Å². The Kier molecular flexibility index (Phi) is 4.61. The van der Waals surface area contributed by atoms with Crippen LogP contribution in [0.15, 0.2) is 24.3 Å². The van der Waals surface area contributed by atoms with Crippen LogP contribution >= 0.6 is 0 Å². The highest BCUT2D eigenvalue weighted by atomic mass is 14.9. The van der Waals surface area contributed by atoms with Gasteiger partial charge >= 0.3 is 0 Å². The summed E-state index contributed by atoms with van der Waals surface area (Å²) in [5, 5.41) is 11.0. The zero-order valence-electron chi connectivity index (χ0n) is 12.5. The maximum Gasteiger partial charge on any atom is 0.0459 e. The Morgan fingerprint density at radius 1 is 1.25 bits per heavy atom. The predicted molar refractivity (Wildman–Crippen MR) is 87.0 cm³/mol. The molecule has 106 valence electrons. The third-order valence-corrected chi connectivity index (χ3v) is 3.53. The number of aromatic nitrogens is 1. The lowest BCUT2D eigenvalue weighted by Crippen LogP contribution is -2.04. The second-order valence-electron chi connectivity index (χ2n) is 5.08. The van der Waals surface area contributed by atoms with Crippen molar-refractivity contribution in [2.75, 3.05) is 11.9 Å². The predicted octanol–water partition coefficient (Wildman–Crippen LogP) is 4.37. The molecule has 0 saturated carbocycles. The zero-order valence-corrected chi connectivity index (χ0v) is 12.5. The van der Waals surface area contributed by atoms with E-state index in [1.165, 1.54) is 23.0 Å². The van der Waals surface area contributed by atoms with Crippen LogP contribution in [0, 0.1) is 12.3 Å². The van der Waals surface area contributed by atoms with Crippen molar-refractivity contribution in [3.05, 3.63) is 41.1 Å². The topological polar surface area (TPSA) is 51.7 Å². The quantitative estimate of drug-likeness (QED) is 0.670. The maximum absolute atomic E-state index is 7.62. The molecule has 3 N–H and O–H groups in total. The van der Waals surface area contributed by atoms with Crippen molar-refractivity contribution in [2.45, 2.75) is 33.6 Å².